The molecule has 1 N–H and O–H groups in total. The highest BCUT2D eigenvalue weighted by Gasteiger charge is 2.10. The molecule has 0 amide bonds. The fourth-order valence-electron chi connectivity index (χ4n) is 1.99. The quantitative estimate of drug-likeness (QED) is 0.853. The van der Waals surface area contributed by atoms with E-state index in [0.29, 0.717) is 0 Å². The SMILES string of the molecule is CNCc1oc(CN(C)Cc2ccco2)cc1C. The lowest BCUT2D eigenvalue weighted by Gasteiger charge is -2.12. The van der Waals surface area contributed by atoms with Crippen LogP contribution in [0.2, 0.25) is 0 Å². The Morgan fingerprint density at radius 3 is 2.72 bits per heavy atom. The van der Waals surface area contributed by atoms with Crippen molar-refractivity contribution in [2.24, 2.45) is 0 Å². The summed E-state index contributed by atoms with van der Waals surface area (Å²) in [6.45, 7) is 4.42. The third-order valence-electron chi connectivity index (χ3n) is 2.84. The van der Waals surface area contributed by atoms with Gasteiger partial charge in [0.15, 0.2) is 0 Å². The van der Waals surface area contributed by atoms with Gasteiger partial charge in [-0.15, -0.1) is 0 Å². The molecule has 2 rings (SSSR count). The zero-order valence-corrected chi connectivity index (χ0v) is 11.2. The van der Waals surface area contributed by atoms with Gasteiger partial charge in [0.1, 0.15) is 17.3 Å². The van der Waals surface area contributed by atoms with Gasteiger partial charge >= 0.3 is 0 Å². The van der Waals surface area contributed by atoms with Gasteiger partial charge in [0.25, 0.3) is 0 Å². The first-order valence-corrected chi connectivity index (χ1v) is 6.12. The van der Waals surface area contributed by atoms with Crippen LogP contribution >= 0.6 is 0 Å². The lowest BCUT2D eigenvalue weighted by atomic mass is 10.2. The second-order valence-corrected chi connectivity index (χ2v) is 4.60. The van der Waals surface area contributed by atoms with Crippen LogP contribution in [0.4, 0.5) is 0 Å². The Morgan fingerprint density at radius 2 is 2.06 bits per heavy atom. The molecular weight excluding hydrogens is 228 g/mol. The molecule has 0 atom stereocenters. The maximum Gasteiger partial charge on any atom is 0.120 e. The molecule has 18 heavy (non-hydrogen) atoms. The normalized spacial score (nSPS) is 11.3. The van der Waals surface area contributed by atoms with E-state index in [2.05, 4.69) is 30.3 Å². The molecule has 0 aliphatic heterocycles. The van der Waals surface area contributed by atoms with Crippen LogP contribution in [-0.2, 0) is 19.6 Å². The fraction of sp³-hybridized carbons (Fsp3) is 0.429. The van der Waals surface area contributed by atoms with E-state index < -0.39 is 0 Å². The molecule has 4 heteroatoms. The van der Waals surface area contributed by atoms with Crippen LogP contribution in [0, 0.1) is 6.92 Å². The maximum absolute atomic E-state index is 5.81. The van der Waals surface area contributed by atoms with Gasteiger partial charge in [-0.3, -0.25) is 4.90 Å². The highest BCUT2D eigenvalue weighted by Crippen LogP contribution is 2.16. The Bertz CT molecular complexity index is 474. The van der Waals surface area contributed by atoms with Crippen molar-refractivity contribution >= 4 is 0 Å². The van der Waals surface area contributed by atoms with E-state index in [0.717, 1.165) is 36.9 Å². The molecule has 0 saturated heterocycles. The van der Waals surface area contributed by atoms with Crippen LogP contribution in [0.25, 0.3) is 0 Å². The van der Waals surface area contributed by atoms with E-state index in [9.17, 15) is 0 Å². The second kappa shape index (κ2) is 5.89. The van der Waals surface area contributed by atoms with Crippen LogP contribution in [-0.4, -0.2) is 19.0 Å². The number of rotatable bonds is 6. The number of aryl methyl sites for hydroxylation is 1. The molecule has 0 radical (unpaired) electrons. The average molecular weight is 248 g/mol. The van der Waals surface area contributed by atoms with Crippen LogP contribution in [0.3, 0.4) is 0 Å². The van der Waals surface area contributed by atoms with E-state index in [1.54, 1.807) is 6.26 Å². The van der Waals surface area contributed by atoms with Crippen molar-refractivity contribution < 1.29 is 8.83 Å². The van der Waals surface area contributed by atoms with Crippen LogP contribution in [0.1, 0.15) is 22.8 Å². The van der Waals surface area contributed by atoms with Crippen molar-refractivity contribution in [1.29, 1.82) is 0 Å². The molecule has 2 aromatic heterocycles. The van der Waals surface area contributed by atoms with Crippen molar-refractivity contribution in [2.75, 3.05) is 14.1 Å². The largest absolute Gasteiger partial charge is 0.468 e. The summed E-state index contributed by atoms with van der Waals surface area (Å²) in [6, 6.07) is 5.99. The third-order valence-corrected chi connectivity index (χ3v) is 2.84. The van der Waals surface area contributed by atoms with Crippen LogP contribution in [0.5, 0.6) is 0 Å². The van der Waals surface area contributed by atoms with Crippen molar-refractivity contribution in [2.45, 2.75) is 26.6 Å². The summed E-state index contributed by atoms with van der Waals surface area (Å²) in [5.41, 5.74) is 1.20. The van der Waals surface area contributed by atoms with Crippen molar-refractivity contribution in [3.63, 3.8) is 0 Å². The van der Waals surface area contributed by atoms with E-state index in [4.69, 9.17) is 8.83 Å². The lowest BCUT2D eigenvalue weighted by molar-refractivity contribution is 0.261. The van der Waals surface area contributed by atoms with Gasteiger partial charge in [-0.05, 0) is 44.8 Å². The van der Waals surface area contributed by atoms with Crippen molar-refractivity contribution in [3.05, 3.63) is 47.3 Å². The van der Waals surface area contributed by atoms with Crippen LogP contribution in [0.15, 0.2) is 33.3 Å². The Balaban J connectivity index is 1.94. The number of nitrogens with one attached hydrogen (secondary N) is 1. The first-order valence-electron chi connectivity index (χ1n) is 6.12. The van der Waals surface area contributed by atoms with Gasteiger partial charge < -0.3 is 14.2 Å². The molecule has 0 unspecified atom stereocenters. The monoisotopic (exact) mass is 248 g/mol. The zero-order chi connectivity index (χ0) is 13.0. The Labute approximate surface area is 108 Å². The summed E-state index contributed by atoms with van der Waals surface area (Å²) >= 11 is 0. The van der Waals surface area contributed by atoms with E-state index >= 15 is 0 Å². The van der Waals surface area contributed by atoms with Crippen LogP contribution < -0.4 is 5.32 Å². The molecule has 98 valence electrons. The van der Waals surface area contributed by atoms with Gasteiger partial charge in [-0.2, -0.15) is 0 Å². The highest BCUT2D eigenvalue weighted by atomic mass is 16.3. The zero-order valence-electron chi connectivity index (χ0n) is 11.2. The summed E-state index contributed by atoms with van der Waals surface area (Å²) in [5.74, 6) is 2.97. The summed E-state index contributed by atoms with van der Waals surface area (Å²) < 4.78 is 11.1. The van der Waals surface area contributed by atoms with Crippen molar-refractivity contribution in [3.8, 4) is 0 Å². The minimum Gasteiger partial charge on any atom is -0.468 e. The van der Waals surface area contributed by atoms with E-state index in [1.165, 1.54) is 5.56 Å². The maximum atomic E-state index is 5.81. The lowest BCUT2D eigenvalue weighted by Crippen LogP contribution is -2.16. The predicted molar refractivity (Wildman–Crippen MR) is 70.1 cm³/mol. The first-order chi connectivity index (χ1) is 8.69. The summed E-state index contributed by atoms with van der Waals surface area (Å²) in [6.07, 6.45) is 1.70. The molecular formula is C14H20N2O2. The third kappa shape index (κ3) is 3.24. The fourth-order valence-corrected chi connectivity index (χ4v) is 1.99. The molecule has 0 aliphatic carbocycles. The smallest absolute Gasteiger partial charge is 0.120 e. The first kappa shape index (κ1) is 12.9. The Hall–Kier alpha value is -1.52. The second-order valence-electron chi connectivity index (χ2n) is 4.60. The molecule has 0 saturated carbocycles. The molecule has 0 aromatic carbocycles. The van der Waals surface area contributed by atoms with Gasteiger partial charge in [-0.25, -0.2) is 0 Å². The Kier molecular flexibility index (Phi) is 4.23. The summed E-state index contributed by atoms with van der Waals surface area (Å²) in [5, 5.41) is 3.11. The molecule has 0 spiro atoms. The minimum atomic E-state index is 0.772. The number of hydrogen-bond acceptors (Lipinski definition) is 4. The molecule has 2 aromatic rings. The van der Waals surface area contributed by atoms with Gasteiger partial charge in [0, 0.05) is 0 Å². The predicted octanol–water partition coefficient (Wildman–Crippen LogP) is 2.53. The van der Waals surface area contributed by atoms with Crippen molar-refractivity contribution in [1.82, 2.24) is 10.2 Å². The molecule has 0 bridgehead atoms. The summed E-state index contributed by atoms with van der Waals surface area (Å²) in [7, 11) is 3.97. The Morgan fingerprint density at radius 1 is 1.28 bits per heavy atom. The molecule has 0 fully saturated rings. The molecule has 2 heterocycles. The highest BCUT2D eigenvalue weighted by molar-refractivity contribution is 5.20. The van der Waals surface area contributed by atoms with Gasteiger partial charge in [-0.1, -0.05) is 0 Å². The number of nitrogens with zero attached hydrogens (tertiary/aromatic N) is 1. The van der Waals surface area contributed by atoms with Gasteiger partial charge in [0.05, 0.1) is 25.9 Å². The van der Waals surface area contributed by atoms with E-state index in [1.807, 2.05) is 19.2 Å². The van der Waals surface area contributed by atoms with E-state index in [-0.39, 0.29) is 0 Å². The molecule has 0 aliphatic rings. The number of furan rings is 2. The standard InChI is InChI=1S/C14H20N2O2/c1-11-7-13(18-14(11)8-15-2)10-16(3)9-12-5-4-6-17-12/h4-7,15H,8-10H2,1-3H3. The molecule has 4 nitrogen and oxygen atoms in total. The summed E-state index contributed by atoms with van der Waals surface area (Å²) in [4.78, 5) is 2.17. The average Bonchev–Trinajstić information content (AvgIpc) is 2.90. The minimum absolute atomic E-state index is 0.772. The van der Waals surface area contributed by atoms with Gasteiger partial charge in [0.2, 0.25) is 0 Å². The number of hydrogen-bond donors (Lipinski definition) is 1. The topological polar surface area (TPSA) is 41.6 Å².